The summed E-state index contributed by atoms with van der Waals surface area (Å²) in [6.07, 6.45) is 8.24. The summed E-state index contributed by atoms with van der Waals surface area (Å²) in [5, 5.41) is 15.4. The van der Waals surface area contributed by atoms with E-state index in [1.54, 1.807) is 47.0 Å². The molecule has 6 rings (SSSR count). The second kappa shape index (κ2) is 12.5. The number of nitrogens with one attached hydrogen (secondary N) is 2. The molecule has 0 spiro atoms. The maximum atomic E-state index is 14.0. The van der Waals surface area contributed by atoms with Crippen LogP contribution < -0.4 is 16.2 Å². The topological polar surface area (TPSA) is 114 Å². The van der Waals surface area contributed by atoms with Gasteiger partial charge in [0, 0.05) is 58.6 Å². The lowest BCUT2D eigenvalue weighted by Gasteiger charge is -2.17. The number of aromatic nitrogens is 5. The van der Waals surface area contributed by atoms with E-state index in [2.05, 4.69) is 48.3 Å². The van der Waals surface area contributed by atoms with E-state index in [9.17, 15) is 4.79 Å². The molecule has 2 N–H and O–H groups in total. The van der Waals surface area contributed by atoms with E-state index >= 15 is 0 Å². The number of hydrogen-bond donors (Lipinski definition) is 2. The fourth-order valence-electron chi connectivity index (χ4n) is 4.90. The Hall–Kier alpha value is -4.03. The minimum Gasteiger partial charge on any atom is -0.423 e. The lowest BCUT2D eigenvalue weighted by atomic mass is 10.0. The summed E-state index contributed by atoms with van der Waals surface area (Å²) in [5.74, 6) is 0.767. The first-order valence-electron chi connectivity index (χ1n) is 13.5. The summed E-state index contributed by atoms with van der Waals surface area (Å²) < 4.78 is 9.05. The van der Waals surface area contributed by atoms with Gasteiger partial charge in [-0.1, -0.05) is 47.8 Å². The predicted molar refractivity (Wildman–Crippen MR) is 169 cm³/mol. The van der Waals surface area contributed by atoms with Gasteiger partial charge in [-0.3, -0.25) is 13.7 Å². The van der Waals surface area contributed by atoms with E-state index in [0.29, 0.717) is 52.3 Å². The minimum absolute atomic E-state index is 0.186. The van der Waals surface area contributed by atoms with Gasteiger partial charge >= 0.3 is 0 Å². The standard InChI is InChI=1S/C30H29ClN8O2S/c1-38(42-2)13-14-39-27-22(15-25(29(39)40)24-8-5-21(16-26(24)31)28-37-34-18-41-28)17-33-30(36-27)35-23-6-3-19(4-7-23)20-9-11-32-12-10-20/h3-9,15-18,32H,10-14H2,1-2H3,(H,33,35,36). The highest BCUT2D eigenvalue weighted by Gasteiger charge is 2.17. The zero-order valence-corrected chi connectivity index (χ0v) is 24.7. The Morgan fingerprint density at radius 2 is 1.98 bits per heavy atom. The van der Waals surface area contributed by atoms with Crippen molar-refractivity contribution in [1.29, 1.82) is 0 Å². The molecule has 3 aromatic heterocycles. The summed E-state index contributed by atoms with van der Waals surface area (Å²) in [6.45, 7) is 2.97. The number of nitrogens with zero attached hydrogens (tertiary/aromatic N) is 6. The molecule has 0 radical (unpaired) electrons. The Morgan fingerprint density at radius 3 is 2.69 bits per heavy atom. The molecule has 1 aliphatic heterocycles. The van der Waals surface area contributed by atoms with Crippen LogP contribution in [0, 0.1) is 0 Å². The molecule has 0 unspecified atom stereocenters. The maximum Gasteiger partial charge on any atom is 0.260 e. The van der Waals surface area contributed by atoms with Crippen LogP contribution in [0.4, 0.5) is 11.6 Å². The summed E-state index contributed by atoms with van der Waals surface area (Å²) in [4.78, 5) is 23.3. The fraction of sp³-hybridized carbons (Fsp3) is 0.233. The number of benzene rings is 2. The van der Waals surface area contributed by atoms with Gasteiger partial charge in [0.15, 0.2) is 0 Å². The van der Waals surface area contributed by atoms with Crippen LogP contribution in [0.2, 0.25) is 5.02 Å². The number of halogens is 1. The molecule has 0 saturated carbocycles. The molecule has 0 fully saturated rings. The van der Waals surface area contributed by atoms with Gasteiger partial charge in [-0.15, -0.1) is 10.2 Å². The maximum absolute atomic E-state index is 14.0. The Morgan fingerprint density at radius 1 is 1.14 bits per heavy atom. The van der Waals surface area contributed by atoms with Gasteiger partial charge in [0.1, 0.15) is 5.65 Å². The Kier molecular flexibility index (Phi) is 8.34. The Bertz CT molecular complexity index is 1810. The van der Waals surface area contributed by atoms with Crippen molar-refractivity contribution >= 4 is 51.8 Å². The summed E-state index contributed by atoms with van der Waals surface area (Å²) in [5.41, 5.74) is 5.52. The lowest BCUT2D eigenvalue weighted by Crippen LogP contribution is -2.27. The predicted octanol–water partition coefficient (Wildman–Crippen LogP) is 5.49. The number of hydrogen-bond acceptors (Lipinski definition) is 10. The molecule has 214 valence electrons. The highest BCUT2D eigenvalue weighted by atomic mass is 35.5. The first-order chi connectivity index (χ1) is 20.5. The Balaban J connectivity index is 1.36. The van der Waals surface area contributed by atoms with Crippen LogP contribution in [-0.4, -0.2) is 62.0 Å². The molecular formula is C30H29ClN8O2S. The molecule has 4 heterocycles. The molecule has 2 aromatic carbocycles. The third kappa shape index (κ3) is 5.95. The van der Waals surface area contributed by atoms with Crippen molar-refractivity contribution in [3.63, 3.8) is 0 Å². The summed E-state index contributed by atoms with van der Waals surface area (Å²) >= 11 is 8.28. The first kappa shape index (κ1) is 28.1. The summed E-state index contributed by atoms with van der Waals surface area (Å²) in [7, 11) is 1.99. The van der Waals surface area contributed by atoms with Gasteiger partial charge in [0.2, 0.25) is 18.2 Å². The quantitative estimate of drug-likeness (QED) is 0.210. The van der Waals surface area contributed by atoms with Gasteiger partial charge in [-0.05, 0) is 67.7 Å². The number of rotatable bonds is 9. The van der Waals surface area contributed by atoms with Gasteiger partial charge in [-0.2, -0.15) is 4.98 Å². The van der Waals surface area contributed by atoms with Crippen LogP contribution in [0.25, 0.3) is 39.2 Å². The lowest BCUT2D eigenvalue weighted by molar-refractivity contribution is 0.509. The largest absolute Gasteiger partial charge is 0.423 e. The third-order valence-electron chi connectivity index (χ3n) is 7.22. The third-order valence-corrected chi connectivity index (χ3v) is 8.34. The molecular weight excluding hydrogens is 572 g/mol. The fourth-order valence-corrected chi connectivity index (χ4v) is 5.45. The molecule has 0 aliphatic carbocycles. The molecule has 12 heteroatoms. The highest BCUT2D eigenvalue weighted by Crippen LogP contribution is 2.32. The van der Waals surface area contributed by atoms with Crippen molar-refractivity contribution in [1.82, 2.24) is 34.4 Å². The average Bonchev–Trinajstić information content (AvgIpc) is 3.57. The van der Waals surface area contributed by atoms with Crippen LogP contribution >= 0.6 is 23.5 Å². The number of likely N-dealkylation sites (N-methyl/N-ethyl adjacent to an activating group) is 1. The SMILES string of the molecule is CSN(C)CCn1c(=O)c(-c2ccc(-c3nnco3)cc2Cl)cc2cnc(Nc3ccc(C4=CCNCC4)cc3)nc21. The molecule has 1 aliphatic rings. The smallest absolute Gasteiger partial charge is 0.260 e. The van der Waals surface area contributed by atoms with E-state index in [-0.39, 0.29) is 5.56 Å². The van der Waals surface area contributed by atoms with Crippen molar-refractivity contribution in [3.05, 3.63) is 88.1 Å². The van der Waals surface area contributed by atoms with E-state index in [4.69, 9.17) is 21.0 Å². The van der Waals surface area contributed by atoms with Crippen molar-refractivity contribution in [2.75, 3.05) is 38.3 Å². The van der Waals surface area contributed by atoms with E-state index in [0.717, 1.165) is 30.6 Å². The molecule has 0 atom stereocenters. The van der Waals surface area contributed by atoms with Crippen LogP contribution in [-0.2, 0) is 6.54 Å². The van der Waals surface area contributed by atoms with Crippen LogP contribution in [0.5, 0.6) is 0 Å². The van der Waals surface area contributed by atoms with Crippen molar-refractivity contribution < 1.29 is 4.42 Å². The highest BCUT2D eigenvalue weighted by molar-refractivity contribution is 7.96. The zero-order chi connectivity index (χ0) is 29.1. The van der Waals surface area contributed by atoms with E-state index < -0.39 is 0 Å². The van der Waals surface area contributed by atoms with Gasteiger partial charge < -0.3 is 15.1 Å². The minimum atomic E-state index is -0.186. The first-order valence-corrected chi connectivity index (χ1v) is 15.1. The van der Waals surface area contributed by atoms with Crippen molar-refractivity contribution in [2.24, 2.45) is 0 Å². The second-order valence-corrected chi connectivity index (χ2v) is 11.2. The van der Waals surface area contributed by atoms with E-state index in [1.165, 1.54) is 17.5 Å². The van der Waals surface area contributed by atoms with Crippen LogP contribution in [0.15, 0.2) is 76.4 Å². The van der Waals surface area contributed by atoms with Gasteiger partial charge in [-0.25, -0.2) is 4.98 Å². The second-order valence-electron chi connectivity index (χ2n) is 9.85. The molecule has 0 bridgehead atoms. The summed E-state index contributed by atoms with van der Waals surface area (Å²) in [6, 6.07) is 15.4. The molecule has 0 saturated heterocycles. The molecule has 5 aromatic rings. The van der Waals surface area contributed by atoms with Crippen molar-refractivity contribution in [2.45, 2.75) is 13.0 Å². The number of pyridine rings is 1. The zero-order valence-electron chi connectivity index (χ0n) is 23.2. The Labute approximate surface area is 252 Å². The van der Waals surface area contributed by atoms with Gasteiger partial charge in [0.25, 0.3) is 5.56 Å². The van der Waals surface area contributed by atoms with Crippen LogP contribution in [0.1, 0.15) is 12.0 Å². The number of fused-ring (bicyclic) bond motifs is 1. The number of anilines is 2. The molecule has 10 nitrogen and oxygen atoms in total. The van der Waals surface area contributed by atoms with Crippen molar-refractivity contribution in [3.8, 4) is 22.6 Å². The average molecular weight is 601 g/mol. The van der Waals surface area contributed by atoms with Crippen LogP contribution in [0.3, 0.4) is 0 Å². The molecule has 42 heavy (non-hydrogen) atoms. The van der Waals surface area contributed by atoms with Gasteiger partial charge in [0.05, 0.1) is 0 Å². The normalized spacial score (nSPS) is 13.5. The monoisotopic (exact) mass is 600 g/mol. The molecule has 0 amide bonds. The van der Waals surface area contributed by atoms with E-state index in [1.807, 2.05) is 25.4 Å².